The number of hydrogen-bond acceptors (Lipinski definition) is 4. The number of hydrogen-bond donors (Lipinski definition) is 2. The van der Waals surface area contributed by atoms with Crippen LogP contribution in [-0.4, -0.2) is 38.9 Å². The minimum Gasteiger partial charge on any atom is -0.382 e. The van der Waals surface area contributed by atoms with Crippen LogP contribution in [0.3, 0.4) is 0 Å². The standard InChI is InChI=1S/C7H11F3N4O/c8-7(9,10)6(15)4-14-3-5(1-2-11)12-13-14/h3,6,15H,1-2,4,11H2. The zero-order valence-electron chi connectivity index (χ0n) is 7.78. The molecule has 0 aliphatic rings. The van der Waals surface area contributed by atoms with Gasteiger partial charge in [-0.05, 0) is 6.54 Å². The van der Waals surface area contributed by atoms with Gasteiger partial charge in [0.2, 0.25) is 0 Å². The zero-order chi connectivity index (χ0) is 11.5. The third-order valence-electron chi connectivity index (χ3n) is 1.72. The van der Waals surface area contributed by atoms with Crippen LogP contribution in [0, 0.1) is 0 Å². The van der Waals surface area contributed by atoms with E-state index in [9.17, 15) is 13.2 Å². The molecule has 0 radical (unpaired) electrons. The molecule has 8 heteroatoms. The van der Waals surface area contributed by atoms with Crippen LogP contribution < -0.4 is 5.73 Å². The lowest BCUT2D eigenvalue weighted by Gasteiger charge is -2.13. The molecule has 0 aliphatic carbocycles. The van der Waals surface area contributed by atoms with Crippen molar-refractivity contribution in [3.05, 3.63) is 11.9 Å². The van der Waals surface area contributed by atoms with Gasteiger partial charge in [0.25, 0.3) is 0 Å². The van der Waals surface area contributed by atoms with E-state index >= 15 is 0 Å². The molecule has 0 aliphatic heterocycles. The Hall–Kier alpha value is -1.15. The predicted molar refractivity (Wildman–Crippen MR) is 44.8 cm³/mol. The fourth-order valence-corrected chi connectivity index (χ4v) is 0.971. The van der Waals surface area contributed by atoms with E-state index in [0.717, 1.165) is 4.68 Å². The van der Waals surface area contributed by atoms with Crippen LogP contribution in [0.5, 0.6) is 0 Å². The fraction of sp³-hybridized carbons (Fsp3) is 0.714. The van der Waals surface area contributed by atoms with Gasteiger partial charge in [-0.25, -0.2) is 4.68 Å². The summed E-state index contributed by atoms with van der Waals surface area (Å²) in [4.78, 5) is 0. The van der Waals surface area contributed by atoms with Crippen LogP contribution in [0.15, 0.2) is 6.20 Å². The molecule has 0 bridgehead atoms. The zero-order valence-corrected chi connectivity index (χ0v) is 7.78. The summed E-state index contributed by atoms with van der Waals surface area (Å²) in [6.07, 6.45) is -5.28. The molecule has 0 saturated carbocycles. The predicted octanol–water partition coefficient (Wildman–Crippen LogP) is -0.298. The van der Waals surface area contributed by atoms with Gasteiger partial charge < -0.3 is 10.8 Å². The minimum atomic E-state index is -4.64. The Kier molecular flexibility index (Phi) is 3.64. The summed E-state index contributed by atoms with van der Waals surface area (Å²) in [5.41, 5.74) is 5.74. The lowest BCUT2D eigenvalue weighted by Crippen LogP contribution is -2.32. The highest BCUT2D eigenvalue weighted by Crippen LogP contribution is 2.20. The van der Waals surface area contributed by atoms with Crippen molar-refractivity contribution in [3.63, 3.8) is 0 Å². The number of nitrogens with zero attached hydrogens (tertiary/aromatic N) is 3. The Morgan fingerprint density at radius 3 is 2.73 bits per heavy atom. The topological polar surface area (TPSA) is 77.0 Å². The third kappa shape index (κ3) is 3.48. The van der Waals surface area contributed by atoms with Crippen molar-refractivity contribution >= 4 is 0 Å². The molecule has 0 saturated heterocycles. The summed E-state index contributed by atoms with van der Waals surface area (Å²) in [5.74, 6) is 0. The molecule has 0 spiro atoms. The van der Waals surface area contributed by atoms with Crippen molar-refractivity contribution in [2.45, 2.75) is 25.2 Å². The van der Waals surface area contributed by atoms with Crippen molar-refractivity contribution < 1.29 is 18.3 Å². The molecule has 0 amide bonds. The molecule has 0 aromatic carbocycles. The maximum atomic E-state index is 12.0. The lowest BCUT2D eigenvalue weighted by molar-refractivity contribution is -0.208. The second-order valence-corrected chi connectivity index (χ2v) is 3.03. The SMILES string of the molecule is NCCc1cn(CC(O)C(F)(F)F)nn1. The molecule has 15 heavy (non-hydrogen) atoms. The van der Waals surface area contributed by atoms with E-state index in [2.05, 4.69) is 10.3 Å². The monoisotopic (exact) mass is 224 g/mol. The van der Waals surface area contributed by atoms with E-state index in [1.807, 2.05) is 0 Å². The number of aliphatic hydroxyl groups excluding tert-OH is 1. The highest BCUT2D eigenvalue weighted by atomic mass is 19.4. The Bertz CT molecular complexity index is 311. The maximum absolute atomic E-state index is 12.0. The fourth-order valence-electron chi connectivity index (χ4n) is 0.971. The van der Waals surface area contributed by atoms with E-state index in [1.54, 1.807) is 0 Å². The largest absolute Gasteiger partial charge is 0.416 e. The quantitative estimate of drug-likeness (QED) is 0.736. The van der Waals surface area contributed by atoms with Crippen molar-refractivity contribution in [2.75, 3.05) is 6.54 Å². The number of aliphatic hydroxyl groups is 1. The summed E-state index contributed by atoms with van der Waals surface area (Å²) in [7, 11) is 0. The molecule has 1 aromatic rings. The van der Waals surface area contributed by atoms with Gasteiger partial charge in [0, 0.05) is 12.6 Å². The van der Waals surface area contributed by atoms with E-state index < -0.39 is 18.8 Å². The van der Waals surface area contributed by atoms with Gasteiger partial charge in [0.05, 0.1) is 12.2 Å². The number of halogens is 3. The normalized spacial score (nSPS) is 14.2. The van der Waals surface area contributed by atoms with E-state index in [-0.39, 0.29) is 0 Å². The van der Waals surface area contributed by atoms with Crippen molar-refractivity contribution in [1.29, 1.82) is 0 Å². The average Bonchev–Trinajstić information content (AvgIpc) is 2.51. The van der Waals surface area contributed by atoms with Gasteiger partial charge in [-0.15, -0.1) is 5.10 Å². The second-order valence-electron chi connectivity index (χ2n) is 3.03. The van der Waals surface area contributed by atoms with Gasteiger partial charge in [-0.1, -0.05) is 5.21 Å². The van der Waals surface area contributed by atoms with Crippen molar-refractivity contribution in [2.24, 2.45) is 5.73 Å². The average molecular weight is 224 g/mol. The third-order valence-corrected chi connectivity index (χ3v) is 1.72. The van der Waals surface area contributed by atoms with Crippen LogP contribution in [0.25, 0.3) is 0 Å². The van der Waals surface area contributed by atoms with E-state index in [0.29, 0.717) is 18.7 Å². The van der Waals surface area contributed by atoms with Gasteiger partial charge in [0.15, 0.2) is 6.10 Å². The minimum absolute atomic E-state index is 0.348. The van der Waals surface area contributed by atoms with Gasteiger partial charge in [-0.2, -0.15) is 13.2 Å². The Balaban J connectivity index is 2.57. The number of rotatable bonds is 4. The summed E-state index contributed by atoms with van der Waals surface area (Å²) in [6, 6.07) is 0. The molecule has 0 fully saturated rings. The molecule has 1 atom stereocenters. The Labute approximate surface area is 83.7 Å². The molecule has 1 aromatic heterocycles. The summed E-state index contributed by atoms with van der Waals surface area (Å²) < 4.78 is 36.8. The molecule has 86 valence electrons. The van der Waals surface area contributed by atoms with Crippen LogP contribution in [-0.2, 0) is 13.0 Å². The lowest BCUT2D eigenvalue weighted by atomic mass is 10.3. The first-order chi connectivity index (χ1) is 6.93. The van der Waals surface area contributed by atoms with Gasteiger partial charge in [0.1, 0.15) is 0 Å². The smallest absolute Gasteiger partial charge is 0.382 e. The molecular formula is C7H11F3N4O. The van der Waals surface area contributed by atoms with Gasteiger partial charge >= 0.3 is 6.18 Å². The van der Waals surface area contributed by atoms with Crippen LogP contribution in [0.4, 0.5) is 13.2 Å². The maximum Gasteiger partial charge on any atom is 0.416 e. The highest BCUT2D eigenvalue weighted by Gasteiger charge is 2.38. The highest BCUT2D eigenvalue weighted by molar-refractivity contribution is 4.92. The van der Waals surface area contributed by atoms with E-state index in [4.69, 9.17) is 10.8 Å². The molecule has 1 rings (SSSR count). The molecule has 5 nitrogen and oxygen atoms in total. The van der Waals surface area contributed by atoms with E-state index in [1.165, 1.54) is 6.20 Å². The Morgan fingerprint density at radius 1 is 1.53 bits per heavy atom. The summed E-state index contributed by atoms with van der Waals surface area (Å²) >= 11 is 0. The number of aromatic nitrogens is 3. The van der Waals surface area contributed by atoms with Crippen molar-refractivity contribution in [1.82, 2.24) is 15.0 Å². The second kappa shape index (κ2) is 4.58. The van der Waals surface area contributed by atoms with Gasteiger partial charge in [-0.3, -0.25) is 0 Å². The molecule has 3 N–H and O–H groups in total. The summed E-state index contributed by atoms with van der Waals surface area (Å²) in [6.45, 7) is -0.304. The first-order valence-electron chi connectivity index (χ1n) is 4.27. The summed E-state index contributed by atoms with van der Waals surface area (Å²) in [5, 5.41) is 15.8. The first-order valence-corrected chi connectivity index (χ1v) is 4.27. The first kappa shape index (κ1) is 11.9. The number of nitrogens with two attached hydrogens (primary N) is 1. The molecule has 1 unspecified atom stereocenters. The van der Waals surface area contributed by atoms with Crippen LogP contribution in [0.2, 0.25) is 0 Å². The van der Waals surface area contributed by atoms with Crippen molar-refractivity contribution in [3.8, 4) is 0 Å². The molecular weight excluding hydrogens is 213 g/mol. The Morgan fingerprint density at radius 2 is 2.20 bits per heavy atom. The molecule has 1 heterocycles. The van der Waals surface area contributed by atoms with Crippen LogP contribution in [0.1, 0.15) is 5.69 Å². The number of alkyl halides is 3. The van der Waals surface area contributed by atoms with Crippen LogP contribution >= 0.6 is 0 Å².